The van der Waals surface area contributed by atoms with Gasteiger partial charge in [0, 0.05) is 5.54 Å². The minimum atomic E-state index is -1.15. The van der Waals surface area contributed by atoms with Crippen molar-refractivity contribution >= 4 is 12.0 Å². The first kappa shape index (κ1) is 18.8. The molecule has 0 saturated carbocycles. The van der Waals surface area contributed by atoms with Crippen LogP contribution < -0.4 is 11.1 Å². The molecule has 1 unspecified atom stereocenters. The second kappa shape index (κ2) is 7.52. The minimum absolute atomic E-state index is 0.382. The molecule has 21 heavy (non-hydrogen) atoms. The molecule has 2 amide bonds. The van der Waals surface area contributed by atoms with Gasteiger partial charge in [-0.25, -0.2) is 4.79 Å². The lowest BCUT2D eigenvalue weighted by molar-refractivity contribution is -0.126. The Morgan fingerprint density at radius 3 is 2.24 bits per heavy atom. The highest BCUT2D eigenvalue weighted by atomic mass is 16.4. The van der Waals surface area contributed by atoms with Gasteiger partial charge in [-0.3, -0.25) is 9.69 Å². The molecular weight excluding hydrogens is 270 g/mol. The molecule has 0 aliphatic heterocycles. The van der Waals surface area contributed by atoms with Crippen LogP contribution in [0.1, 0.15) is 34.6 Å². The number of nitrogens with zero attached hydrogens (tertiary/aromatic N) is 1. The van der Waals surface area contributed by atoms with E-state index in [4.69, 9.17) is 5.73 Å². The number of carbonyl (C=O) groups is 2. The number of amides is 2. The smallest absolute Gasteiger partial charge is 0.408 e. The number of hydrogen-bond donors (Lipinski definition) is 3. The summed E-state index contributed by atoms with van der Waals surface area (Å²) in [5.41, 5.74) is 5.85. The molecule has 0 rings (SSSR count). The van der Waals surface area contributed by atoms with Crippen molar-refractivity contribution in [1.82, 2.24) is 10.2 Å². The number of nitrogens with one attached hydrogen (secondary N) is 1. The third-order valence-electron chi connectivity index (χ3n) is 2.86. The molecule has 0 aromatic rings. The third kappa shape index (κ3) is 5.33. The predicted octanol–water partition coefficient (Wildman–Crippen LogP) is 2.20. The Balaban J connectivity index is 5.29. The molecule has 0 radical (unpaired) electrons. The first-order valence-electron chi connectivity index (χ1n) is 6.64. The van der Waals surface area contributed by atoms with Gasteiger partial charge in [-0.1, -0.05) is 18.7 Å². The van der Waals surface area contributed by atoms with Gasteiger partial charge >= 0.3 is 6.09 Å². The number of nitrogens with two attached hydrogens (primary N) is 1. The monoisotopic (exact) mass is 295 g/mol. The Kier molecular flexibility index (Phi) is 6.72. The highest BCUT2D eigenvalue weighted by molar-refractivity contribution is 5.87. The maximum absolute atomic E-state index is 12.3. The van der Waals surface area contributed by atoms with E-state index in [1.807, 2.05) is 0 Å². The minimum Gasteiger partial charge on any atom is -0.465 e. The van der Waals surface area contributed by atoms with Crippen molar-refractivity contribution in [1.29, 1.82) is 0 Å². The van der Waals surface area contributed by atoms with Gasteiger partial charge in [0.15, 0.2) is 0 Å². The SMILES string of the molecule is C=C/C=C(NC(=O)C(C)N(C(=O)O)C(C)(C)C)/C(N)=C\C. The molecule has 4 N–H and O–H groups in total. The van der Waals surface area contributed by atoms with Gasteiger partial charge < -0.3 is 16.2 Å². The van der Waals surface area contributed by atoms with Crippen molar-refractivity contribution in [2.24, 2.45) is 5.73 Å². The molecule has 0 saturated heterocycles. The Labute approximate surface area is 126 Å². The van der Waals surface area contributed by atoms with E-state index in [2.05, 4.69) is 11.9 Å². The molecule has 118 valence electrons. The number of carbonyl (C=O) groups excluding carboxylic acids is 1. The summed E-state index contributed by atoms with van der Waals surface area (Å²) in [4.78, 5) is 24.7. The van der Waals surface area contributed by atoms with Crippen molar-refractivity contribution in [2.45, 2.75) is 46.2 Å². The molecule has 6 nitrogen and oxygen atoms in total. The molecule has 0 aliphatic rings. The van der Waals surface area contributed by atoms with E-state index in [-0.39, 0.29) is 0 Å². The van der Waals surface area contributed by atoms with E-state index < -0.39 is 23.6 Å². The fraction of sp³-hybridized carbons (Fsp3) is 0.467. The quantitative estimate of drug-likeness (QED) is 0.677. The zero-order valence-electron chi connectivity index (χ0n) is 13.3. The van der Waals surface area contributed by atoms with Gasteiger partial charge in [-0.2, -0.15) is 0 Å². The van der Waals surface area contributed by atoms with E-state index in [0.717, 1.165) is 4.90 Å². The number of rotatable bonds is 5. The highest BCUT2D eigenvalue weighted by Gasteiger charge is 2.34. The van der Waals surface area contributed by atoms with Gasteiger partial charge in [0.05, 0.1) is 11.4 Å². The first-order chi connectivity index (χ1) is 9.56. The van der Waals surface area contributed by atoms with Gasteiger partial charge in [0.1, 0.15) is 6.04 Å². The average molecular weight is 295 g/mol. The van der Waals surface area contributed by atoms with Crippen LogP contribution in [0, 0.1) is 0 Å². The molecule has 1 atom stereocenters. The maximum Gasteiger partial charge on any atom is 0.408 e. The van der Waals surface area contributed by atoms with E-state index >= 15 is 0 Å². The van der Waals surface area contributed by atoms with E-state index in [1.165, 1.54) is 13.0 Å². The summed E-state index contributed by atoms with van der Waals surface area (Å²) in [5, 5.41) is 11.9. The van der Waals surface area contributed by atoms with Gasteiger partial charge in [-0.05, 0) is 40.7 Å². The standard InChI is InChI=1S/C15H25N3O3/c1-7-9-12(11(16)8-2)17-13(19)10(3)18(14(20)21)15(4,5)6/h7-10H,1,16H2,2-6H3,(H,17,19)(H,20,21)/b11-8+,12-9-. The van der Waals surface area contributed by atoms with Crippen LogP contribution in [0.4, 0.5) is 4.79 Å². The Bertz CT molecular complexity index is 473. The molecule has 6 heteroatoms. The lowest BCUT2D eigenvalue weighted by Crippen LogP contribution is -2.55. The van der Waals surface area contributed by atoms with Crippen molar-refractivity contribution in [3.63, 3.8) is 0 Å². The van der Waals surface area contributed by atoms with Crippen LogP contribution in [-0.2, 0) is 4.79 Å². The predicted molar refractivity (Wildman–Crippen MR) is 83.4 cm³/mol. The van der Waals surface area contributed by atoms with Gasteiger partial charge in [-0.15, -0.1) is 0 Å². The highest BCUT2D eigenvalue weighted by Crippen LogP contribution is 2.18. The van der Waals surface area contributed by atoms with Crippen molar-refractivity contribution in [2.75, 3.05) is 0 Å². The average Bonchev–Trinajstić information content (AvgIpc) is 2.34. The lowest BCUT2D eigenvalue weighted by Gasteiger charge is -2.37. The Hall–Kier alpha value is -2.24. The number of hydrogen-bond acceptors (Lipinski definition) is 3. The summed E-state index contributed by atoms with van der Waals surface area (Å²) < 4.78 is 0. The molecule has 0 heterocycles. The number of carboxylic acid groups (broad SMARTS) is 1. The Morgan fingerprint density at radius 2 is 1.90 bits per heavy atom. The second-order valence-electron chi connectivity index (χ2n) is 5.55. The van der Waals surface area contributed by atoms with Crippen LogP contribution in [0.15, 0.2) is 36.2 Å². The Morgan fingerprint density at radius 1 is 1.38 bits per heavy atom. The van der Waals surface area contributed by atoms with E-state index in [1.54, 1.807) is 39.8 Å². The maximum atomic E-state index is 12.3. The molecule has 0 aromatic carbocycles. The lowest BCUT2D eigenvalue weighted by atomic mass is 10.0. The van der Waals surface area contributed by atoms with E-state index in [9.17, 15) is 14.7 Å². The second-order valence-corrected chi connectivity index (χ2v) is 5.55. The fourth-order valence-electron chi connectivity index (χ4n) is 1.87. The normalized spacial score (nSPS) is 14.3. The molecule has 0 fully saturated rings. The fourth-order valence-corrected chi connectivity index (χ4v) is 1.87. The summed E-state index contributed by atoms with van der Waals surface area (Å²) in [6.45, 7) is 12.0. The summed E-state index contributed by atoms with van der Waals surface area (Å²) in [5.74, 6) is -0.453. The van der Waals surface area contributed by atoms with Crippen molar-refractivity contribution in [3.05, 3.63) is 36.2 Å². The van der Waals surface area contributed by atoms with Crippen molar-refractivity contribution < 1.29 is 14.7 Å². The van der Waals surface area contributed by atoms with Crippen LogP contribution in [0.5, 0.6) is 0 Å². The zero-order valence-corrected chi connectivity index (χ0v) is 13.3. The topological polar surface area (TPSA) is 95.7 Å². The summed E-state index contributed by atoms with van der Waals surface area (Å²) >= 11 is 0. The molecule has 0 aliphatic carbocycles. The van der Waals surface area contributed by atoms with Gasteiger partial charge in [0.25, 0.3) is 0 Å². The van der Waals surface area contributed by atoms with Crippen LogP contribution >= 0.6 is 0 Å². The van der Waals surface area contributed by atoms with Crippen LogP contribution in [0.2, 0.25) is 0 Å². The first-order valence-corrected chi connectivity index (χ1v) is 6.64. The largest absolute Gasteiger partial charge is 0.465 e. The van der Waals surface area contributed by atoms with Crippen LogP contribution in [0.3, 0.4) is 0 Å². The third-order valence-corrected chi connectivity index (χ3v) is 2.86. The molecule has 0 bridgehead atoms. The number of allylic oxidation sites excluding steroid dienone is 3. The molecular formula is C15H25N3O3. The zero-order chi connectivity index (χ0) is 16.8. The summed E-state index contributed by atoms with van der Waals surface area (Å²) in [7, 11) is 0. The van der Waals surface area contributed by atoms with E-state index in [0.29, 0.717) is 11.4 Å². The van der Waals surface area contributed by atoms with Gasteiger partial charge in [0.2, 0.25) is 5.91 Å². The summed E-state index contributed by atoms with van der Waals surface area (Å²) in [6.07, 6.45) is 3.54. The van der Waals surface area contributed by atoms with Crippen LogP contribution in [0.25, 0.3) is 0 Å². The molecule has 0 spiro atoms. The molecule has 0 aromatic heterocycles. The van der Waals surface area contributed by atoms with Crippen molar-refractivity contribution in [3.8, 4) is 0 Å². The summed E-state index contributed by atoms with van der Waals surface area (Å²) in [6, 6.07) is -0.861. The van der Waals surface area contributed by atoms with Crippen LogP contribution in [-0.4, -0.2) is 33.6 Å².